The molecule has 132 valence electrons. The highest BCUT2D eigenvalue weighted by molar-refractivity contribution is 7.99. The zero-order valence-electron chi connectivity index (χ0n) is 14.7. The van der Waals surface area contributed by atoms with Crippen LogP contribution in [-0.2, 0) is 4.79 Å². The Kier molecular flexibility index (Phi) is 18.3. The monoisotopic (exact) mass is 338 g/mol. The van der Waals surface area contributed by atoms with Crippen molar-refractivity contribution in [2.45, 2.75) is 71.1 Å². The van der Waals surface area contributed by atoms with Crippen molar-refractivity contribution in [3.8, 4) is 0 Å². The quantitative estimate of drug-likeness (QED) is 0.261. The van der Waals surface area contributed by atoms with Crippen molar-refractivity contribution in [1.82, 2.24) is 0 Å². The minimum absolute atomic E-state index is 0.236. The SMILES string of the molecule is CCCCCC=CCC=CCC=CCCCCCSCC(=O)O. The van der Waals surface area contributed by atoms with E-state index in [1.807, 2.05) is 0 Å². The van der Waals surface area contributed by atoms with Crippen LogP contribution in [-0.4, -0.2) is 22.6 Å². The van der Waals surface area contributed by atoms with E-state index >= 15 is 0 Å². The molecule has 2 nitrogen and oxygen atoms in total. The minimum atomic E-state index is -0.710. The maximum Gasteiger partial charge on any atom is 0.313 e. The third-order valence-corrected chi connectivity index (χ3v) is 4.43. The standard InChI is InChI=1S/C20H34O2S/c1-2-3-4-5-6-7-8-9-10-11-12-13-14-15-16-17-18-23-19-20(21)22/h6-7,9-10,12-13H,2-5,8,11,14-19H2,1H3,(H,21,22). The van der Waals surface area contributed by atoms with Gasteiger partial charge in [-0.25, -0.2) is 0 Å². The average Bonchev–Trinajstić information content (AvgIpc) is 2.53. The van der Waals surface area contributed by atoms with E-state index in [-0.39, 0.29) is 5.75 Å². The second-order valence-corrected chi connectivity index (χ2v) is 6.78. The summed E-state index contributed by atoms with van der Waals surface area (Å²) in [6.07, 6.45) is 25.4. The number of carbonyl (C=O) groups is 1. The van der Waals surface area contributed by atoms with Crippen molar-refractivity contribution < 1.29 is 9.90 Å². The van der Waals surface area contributed by atoms with E-state index in [9.17, 15) is 4.79 Å². The molecule has 0 saturated heterocycles. The summed E-state index contributed by atoms with van der Waals surface area (Å²) >= 11 is 1.52. The van der Waals surface area contributed by atoms with Crippen molar-refractivity contribution in [2.75, 3.05) is 11.5 Å². The van der Waals surface area contributed by atoms with Crippen molar-refractivity contribution >= 4 is 17.7 Å². The van der Waals surface area contributed by atoms with E-state index in [1.165, 1.54) is 50.3 Å². The Bertz CT molecular complexity index is 346. The molecule has 23 heavy (non-hydrogen) atoms. The third kappa shape index (κ3) is 21.0. The van der Waals surface area contributed by atoms with Gasteiger partial charge in [0.05, 0.1) is 5.75 Å². The lowest BCUT2D eigenvalue weighted by atomic mass is 10.2. The van der Waals surface area contributed by atoms with Gasteiger partial charge in [-0.2, -0.15) is 11.8 Å². The molecule has 0 bridgehead atoms. The van der Waals surface area contributed by atoms with Gasteiger partial charge in [-0.1, -0.05) is 62.6 Å². The van der Waals surface area contributed by atoms with Crippen LogP contribution >= 0.6 is 11.8 Å². The first kappa shape index (κ1) is 22.0. The summed E-state index contributed by atoms with van der Waals surface area (Å²) in [4.78, 5) is 10.3. The molecular formula is C20H34O2S. The van der Waals surface area contributed by atoms with Gasteiger partial charge in [0.1, 0.15) is 0 Å². The Morgan fingerprint density at radius 2 is 1.39 bits per heavy atom. The fourth-order valence-corrected chi connectivity index (χ4v) is 2.82. The lowest BCUT2D eigenvalue weighted by molar-refractivity contribution is -0.133. The summed E-state index contributed by atoms with van der Waals surface area (Å²) in [6, 6.07) is 0. The molecule has 0 aromatic heterocycles. The van der Waals surface area contributed by atoms with Crippen LogP contribution in [0.25, 0.3) is 0 Å². The molecule has 3 heteroatoms. The fourth-order valence-electron chi connectivity index (χ4n) is 2.09. The molecular weight excluding hydrogens is 304 g/mol. The van der Waals surface area contributed by atoms with E-state index in [0.717, 1.165) is 31.4 Å². The molecule has 0 atom stereocenters. The number of aliphatic carboxylic acids is 1. The van der Waals surface area contributed by atoms with Gasteiger partial charge >= 0.3 is 5.97 Å². The highest BCUT2D eigenvalue weighted by Crippen LogP contribution is 2.08. The van der Waals surface area contributed by atoms with Crippen LogP contribution in [0.3, 0.4) is 0 Å². The van der Waals surface area contributed by atoms with Gasteiger partial charge in [0.25, 0.3) is 0 Å². The summed E-state index contributed by atoms with van der Waals surface area (Å²) in [6.45, 7) is 2.24. The minimum Gasteiger partial charge on any atom is -0.481 e. The van der Waals surface area contributed by atoms with E-state index in [1.54, 1.807) is 0 Å². The van der Waals surface area contributed by atoms with Gasteiger partial charge in [0.2, 0.25) is 0 Å². The molecule has 0 spiro atoms. The Morgan fingerprint density at radius 1 is 0.826 bits per heavy atom. The van der Waals surface area contributed by atoms with Crippen molar-refractivity contribution in [3.05, 3.63) is 36.5 Å². The van der Waals surface area contributed by atoms with Crippen molar-refractivity contribution in [1.29, 1.82) is 0 Å². The molecule has 0 aliphatic rings. The van der Waals surface area contributed by atoms with E-state index in [4.69, 9.17) is 5.11 Å². The van der Waals surface area contributed by atoms with Crippen LogP contribution in [0.2, 0.25) is 0 Å². The molecule has 0 saturated carbocycles. The summed E-state index contributed by atoms with van der Waals surface area (Å²) in [7, 11) is 0. The number of unbranched alkanes of at least 4 members (excludes halogenated alkanes) is 6. The Labute approximate surface area is 147 Å². The average molecular weight is 339 g/mol. The maximum absolute atomic E-state index is 10.3. The maximum atomic E-state index is 10.3. The normalized spacial score (nSPS) is 12.0. The molecule has 0 aliphatic heterocycles. The summed E-state index contributed by atoms with van der Waals surface area (Å²) in [5.74, 6) is 0.489. The fraction of sp³-hybridized carbons (Fsp3) is 0.650. The van der Waals surface area contributed by atoms with E-state index in [2.05, 4.69) is 43.4 Å². The second-order valence-electron chi connectivity index (χ2n) is 5.68. The molecule has 0 aromatic carbocycles. The Balaban J connectivity index is 3.27. The number of rotatable bonds is 16. The van der Waals surface area contributed by atoms with E-state index < -0.39 is 5.97 Å². The number of allylic oxidation sites excluding steroid dienone is 6. The van der Waals surface area contributed by atoms with Gasteiger partial charge in [0.15, 0.2) is 0 Å². The lowest BCUT2D eigenvalue weighted by Gasteiger charge is -1.98. The molecule has 0 aliphatic carbocycles. The van der Waals surface area contributed by atoms with Gasteiger partial charge in [-0.15, -0.1) is 0 Å². The first-order chi connectivity index (χ1) is 11.3. The van der Waals surface area contributed by atoms with Crippen molar-refractivity contribution in [2.24, 2.45) is 0 Å². The molecule has 0 heterocycles. The largest absolute Gasteiger partial charge is 0.481 e. The van der Waals surface area contributed by atoms with Gasteiger partial charge in [-0.3, -0.25) is 4.79 Å². The predicted molar refractivity (Wildman–Crippen MR) is 104 cm³/mol. The molecule has 0 amide bonds. The topological polar surface area (TPSA) is 37.3 Å². The van der Waals surface area contributed by atoms with Crippen LogP contribution in [0, 0.1) is 0 Å². The Hall–Kier alpha value is -0.960. The number of carboxylic acids is 1. The predicted octanol–water partition coefficient (Wildman–Crippen LogP) is 6.39. The number of carboxylic acid groups (broad SMARTS) is 1. The van der Waals surface area contributed by atoms with Crippen LogP contribution in [0.4, 0.5) is 0 Å². The zero-order valence-corrected chi connectivity index (χ0v) is 15.5. The summed E-state index contributed by atoms with van der Waals surface area (Å²) in [5, 5.41) is 8.51. The van der Waals surface area contributed by atoms with Gasteiger partial charge in [0, 0.05) is 0 Å². The van der Waals surface area contributed by atoms with Gasteiger partial charge < -0.3 is 5.11 Å². The van der Waals surface area contributed by atoms with Crippen LogP contribution in [0.1, 0.15) is 71.1 Å². The molecule has 0 aromatic rings. The number of thioether (sulfide) groups is 1. The van der Waals surface area contributed by atoms with E-state index in [0.29, 0.717) is 0 Å². The lowest BCUT2D eigenvalue weighted by Crippen LogP contribution is -1.98. The molecule has 1 N–H and O–H groups in total. The van der Waals surface area contributed by atoms with Crippen LogP contribution < -0.4 is 0 Å². The first-order valence-corrected chi connectivity index (χ1v) is 10.2. The number of hydrogen-bond donors (Lipinski definition) is 1. The van der Waals surface area contributed by atoms with Gasteiger partial charge in [-0.05, 0) is 50.7 Å². The smallest absolute Gasteiger partial charge is 0.313 e. The highest BCUT2D eigenvalue weighted by atomic mass is 32.2. The molecule has 0 fully saturated rings. The van der Waals surface area contributed by atoms with Crippen molar-refractivity contribution in [3.63, 3.8) is 0 Å². The van der Waals surface area contributed by atoms with Crippen LogP contribution in [0.15, 0.2) is 36.5 Å². The Morgan fingerprint density at radius 3 is 1.96 bits per heavy atom. The number of hydrogen-bond acceptors (Lipinski definition) is 2. The molecule has 0 unspecified atom stereocenters. The highest BCUT2D eigenvalue weighted by Gasteiger charge is 1.95. The zero-order chi connectivity index (χ0) is 17.0. The first-order valence-electron chi connectivity index (χ1n) is 9.02. The van der Waals surface area contributed by atoms with Crippen LogP contribution in [0.5, 0.6) is 0 Å². The summed E-state index contributed by atoms with van der Waals surface area (Å²) in [5.41, 5.74) is 0. The molecule has 0 rings (SSSR count). The second kappa shape index (κ2) is 19.1. The molecule has 0 radical (unpaired) electrons. The third-order valence-electron chi connectivity index (χ3n) is 3.40. The summed E-state index contributed by atoms with van der Waals surface area (Å²) < 4.78 is 0.